The highest BCUT2D eigenvalue weighted by Gasteiger charge is 2.12. The minimum atomic E-state index is -0.998. The summed E-state index contributed by atoms with van der Waals surface area (Å²) in [7, 11) is 0. The zero-order valence-corrected chi connectivity index (χ0v) is 30.6. The smallest absolute Gasteiger partial charge is 0.305 e. The van der Waals surface area contributed by atoms with E-state index in [1.54, 1.807) is 0 Å². The molecular weight excluding hydrogens is 588 g/mol. The van der Waals surface area contributed by atoms with Crippen molar-refractivity contribution in [1.82, 2.24) is 0 Å². The molecule has 0 aliphatic heterocycles. The van der Waals surface area contributed by atoms with Gasteiger partial charge in [-0.25, -0.2) is 0 Å². The molecule has 0 aromatic rings. The Balaban J connectivity index is 3.59. The highest BCUT2D eigenvalue weighted by Crippen LogP contribution is 2.14. The number of carbonyl (C=O) groups is 2. The Morgan fingerprint density at radius 3 is 1.64 bits per heavy atom. The Morgan fingerprint density at radius 1 is 0.574 bits per heavy atom. The van der Waals surface area contributed by atoms with E-state index in [0.29, 0.717) is 12.8 Å². The van der Waals surface area contributed by atoms with Gasteiger partial charge >= 0.3 is 11.9 Å². The Bertz CT molecular complexity index is 828. The molecule has 47 heavy (non-hydrogen) atoms. The van der Waals surface area contributed by atoms with E-state index in [-0.39, 0.29) is 37.7 Å². The van der Waals surface area contributed by atoms with Crippen molar-refractivity contribution in [2.24, 2.45) is 5.92 Å². The number of unbranched alkanes of at least 4 members (excludes halogenated alkanes) is 14. The van der Waals surface area contributed by atoms with Gasteiger partial charge in [0.15, 0.2) is 0 Å². The number of rotatable bonds is 33. The van der Waals surface area contributed by atoms with Gasteiger partial charge in [-0.05, 0) is 44.4 Å². The first-order valence-corrected chi connectivity index (χ1v) is 19.2. The van der Waals surface area contributed by atoms with E-state index in [4.69, 9.17) is 9.47 Å². The van der Waals surface area contributed by atoms with Gasteiger partial charge in [0, 0.05) is 12.8 Å². The number of hydrogen-bond donors (Lipinski definition) is 2. The van der Waals surface area contributed by atoms with Crippen molar-refractivity contribution in [3.63, 3.8) is 0 Å². The van der Waals surface area contributed by atoms with Crippen molar-refractivity contribution in [3.8, 4) is 0 Å². The summed E-state index contributed by atoms with van der Waals surface area (Å²) in [5.74, 6) is 0.180. The fourth-order valence-electron chi connectivity index (χ4n) is 5.14. The second-order valence-electron chi connectivity index (χ2n) is 13.4. The zero-order valence-electron chi connectivity index (χ0n) is 30.6. The van der Waals surface area contributed by atoms with Gasteiger partial charge in [-0.2, -0.15) is 0 Å². The van der Waals surface area contributed by atoms with Crippen LogP contribution in [0.2, 0.25) is 0 Å². The molecule has 0 fully saturated rings. The molecule has 0 radical (unpaired) electrons. The molecule has 0 amide bonds. The molecule has 2 N–H and O–H groups in total. The minimum Gasteiger partial charge on any atom is -0.463 e. The van der Waals surface area contributed by atoms with Gasteiger partial charge < -0.3 is 19.7 Å². The van der Waals surface area contributed by atoms with E-state index >= 15 is 0 Å². The molecule has 0 unspecified atom stereocenters. The molecular formula is C41H72O6. The number of hydrogen-bond acceptors (Lipinski definition) is 6. The number of carbonyl (C=O) groups excluding carboxylic acids is 2. The van der Waals surface area contributed by atoms with Crippen LogP contribution < -0.4 is 0 Å². The first kappa shape index (κ1) is 44.8. The highest BCUT2D eigenvalue weighted by atomic mass is 16.6. The standard InChI is InChI=1S/C41H72O6/c1-4-5-25-31-38(42)32-27-22-18-14-10-8-12-16-20-24-29-34-41(45)47-36-39(43)35-46-40(44)33-28-23-19-15-11-7-6-9-13-17-21-26-30-37(2)3/h8,10,16,18,20,22,27,32,37-39,42-43H,4-7,9,11-15,17,19,21,23-26,28-31,33-36H2,1-3H3/b10-8-,20-16-,22-18-,32-27+/t38-,39+/m1/s1. The summed E-state index contributed by atoms with van der Waals surface area (Å²) in [5, 5.41) is 19.8. The van der Waals surface area contributed by atoms with E-state index in [1.165, 1.54) is 70.6 Å². The second-order valence-corrected chi connectivity index (χ2v) is 13.4. The monoisotopic (exact) mass is 661 g/mol. The number of ether oxygens (including phenoxy) is 2. The highest BCUT2D eigenvalue weighted by molar-refractivity contribution is 5.69. The summed E-state index contributed by atoms with van der Waals surface area (Å²) in [5.41, 5.74) is 0. The van der Waals surface area contributed by atoms with Crippen LogP contribution in [-0.2, 0) is 19.1 Å². The third kappa shape index (κ3) is 36.5. The average Bonchev–Trinajstić information content (AvgIpc) is 3.05. The van der Waals surface area contributed by atoms with Gasteiger partial charge in [-0.3, -0.25) is 9.59 Å². The van der Waals surface area contributed by atoms with Gasteiger partial charge in [0.05, 0.1) is 6.10 Å². The van der Waals surface area contributed by atoms with Gasteiger partial charge in [-0.15, -0.1) is 0 Å². The largest absolute Gasteiger partial charge is 0.463 e. The molecule has 0 aliphatic rings. The van der Waals surface area contributed by atoms with Crippen LogP contribution in [0.15, 0.2) is 48.6 Å². The SMILES string of the molecule is CCCCC[C@@H](O)/C=C/C=C\C/C=C\C/C=C\CCCC(=O)OC[C@@H](O)COC(=O)CCCCCCCCCCCCCCC(C)C. The van der Waals surface area contributed by atoms with Crippen molar-refractivity contribution < 1.29 is 29.3 Å². The molecule has 2 atom stereocenters. The lowest BCUT2D eigenvalue weighted by Gasteiger charge is -2.12. The first-order chi connectivity index (χ1) is 22.8. The maximum atomic E-state index is 11.9. The van der Waals surface area contributed by atoms with E-state index in [1.807, 2.05) is 18.2 Å². The molecule has 272 valence electrons. The minimum absolute atomic E-state index is 0.144. The zero-order chi connectivity index (χ0) is 34.6. The van der Waals surface area contributed by atoms with Crippen molar-refractivity contribution in [1.29, 1.82) is 0 Å². The van der Waals surface area contributed by atoms with E-state index in [9.17, 15) is 19.8 Å². The molecule has 0 aliphatic carbocycles. The van der Waals surface area contributed by atoms with Crippen LogP contribution in [0.4, 0.5) is 0 Å². The molecule has 0 aromatic carbocycles. The fourth-order valence-corrected chi connectivity index (χ4v) is 5.14. The normalized spacial score (nSPS) is 13.5. The lowest BCUT2D eigenvalue weighted by atomic mass is 10.0. The number of esters is 2. The van der Waals surface area contributed by atoms with Crippen molar-refractivity contribution in [2.75, 3.05) is 13.2 Å². The van der Waals surface area contributed by atoms with Crippen LogP contribution in [0.5, 0.6) is 0 Å². The third-order valence-electron chi connectivity index (χ3n) is 8.10. The molecule has 0 rings (SSSR count). The average molecular weight is 661 g/mol. The van der Waals surface area contributed by atoms with Crippen LogP contribution in [0.3, 0.4) is 0 Å². The van der Waals surface area contributed by atoms with Crippen LogP contribution >= 0.6 is 0 Å². The van der Waals surface area contributed by atoms with E-state index in [2.05, 4.69) is 51.2 Å². The molecule has 6 heteroatoms. The van der Waals surface area contributed by atoms with Gasteiger partial charge in [-0.1, -0.05) is 166 Å². The molecule has 0 saturated heterocycles. The van der Waals surface area contributed by atoms with Crippen molar-refractivity contribution >= 4 is 11.9 Å². The number of allylic oxidation sites excluding steroid dienone is 7. The van der Waals surface area contributed by atoms with Gasteiger partial charge in [0.25, 0.3) is 0 Å². The molecule has 0 heterocycles. The van der Waals surface area contributed by atoms with Gasteiger partial charge in [0.1, 0.15) is 19.3 Å². The lowest BCUT2D eigenvalue weighted by molar-refractivity contribution is -0.152. The molecule has 0 saturated carbocycles. The molecule has 0 aromatic heterocycles. The summed E-state index contributed by atoms with van der Waals surface area (Å²) < 4.78 is 10.3. The van der Waals surface area contributed by atoms with E-state index < -0.39 is 6.10 Å². The van der Waals surface area contributed by atoms with Crippen LogP contribution in [0, 0.1) is 5.92 Å². The summed E-state index contributed by atoms with van der Waals surface area (Å²) in [6.45, 7) is 6.46. The molecule has 0 spiro atoms. The molecule has 0 bridgehead atoms. The Kier molecular flexibility index (Phi) is 33.5. The second kappa shape index (κ2) is 35.1. The Labute approximate surface area is 289 Å². The number of aliphatic hydroxyl groups excluding tert-OH is 2. The first-order valence-electron chi connectivity index (χ1n) is 19.2. The summed E-state index contributed by atoms with van der Waals surface area (Å²) >= 11 is 0. The van der Waals surface area contributed by atoms with Crippen molar-refractivity contribution in [3.05, 3.63) is 48.6 Å². The van der Waals surface area contributed by atoms with Gasteiger partial charge in [0.2, 0.25) is 0 Å². The van der Waals surface area contributed by atoms with Crippen LogP contribution in [-0.4, -0.2) is 47.6 Å². The van der Waals surface area contributed by atoms with E-state index in [0.717, 1.165) is 63.7 Å². The summed E-state index contributed by atoms with van der Waals surface area (Å²) in [6.07, 6.45) is 39.2. The number of aliphatic hydroxyl groups is 2. The van der Waals surface area contributed by atoms with Crippen LogP contribution in [0.25, 0.3) is 0 Å². The Hall–Kier alpha value is -2.18. The van der Waals surface area contributed by atoms with Crippen molar-refractivity contribution in [2.45, 2.75) is 181 Å². The summed E-state index contributed by atoms with van der Waals surface area (Å²) in [4.78, 5) is 23.9. The molecule has 6 nitrogen and oxygen atoms in total. The maximum absolute atomic E-state index is 11.9. The fraction of sp³-hybridized carbons (Fsp3) is 0.756. The third-order valence-corrected chi connectivity index (χ3v) is 8.10. The Morgan fingerprint density at radius 2 is 1.06 bits per heavy atom. The predicted molar refractivity (Wildman–Crippen MR) is 197 cm³/mol. The predicted octanol–water partition coefficient (Wildman–Crippen LogP) is 10.7. The maximum Gasteiger partial charge on any atom is 0.305 e. The summed E-state index contributed by atoms with van der Waals surface area (Å²) in [6, 6.07) is 0. The quantitative estimate of drug-likeness (QED) is 0.0315. The van der Waals surface area contributed by atoms with Crippen LogP contribution in [0.1, 0.15) is 168 Å². The lowest BCUT2D eigenvalue weighted by Crippen LogP contribution is -2.25. The topological polar surface area (TPSA) is 93.1 Å².